The highest BCUT2D eigenvalue weighted by molar-refractivity contribution is 5.38. The molecule has 1 saturated heterocycles. The summed E-state index contributed by atoms with van der Waals surface area (Å²) in [6, 6.07) is 0.669. The summed E-state index contributed by atoms with van der Waals surface area (Å²) in [6.45, 7) is 5.99. The molecule has 0 spiro atoms. The molecule has 1 aromatic rings. The molecule has 0 radical (unpaired) electrons. The molecule has 1 aliphatic rings. The number of nitrogen functional groups attached to an aromatic ring is 1. The summed E-state index contributed by atoms with van der Waals surface area (Å²) >= 11 is 0. The summed E-state index contributed by atoms with van der Waals surface area (Å²) in [5.41, 5.74) is 2.47. The molecule has 3 N–H and O–H groups in total. The minimum atomic E-state index is -0.00278. The zero-order valence-electron chi connectivity index (χ0n) is 13.2. The van der Waals surface area contributed by atoms with Crippen LogP contribution in [0.15, 0.2) is 0 Å². The van der Waals surface area contributed by atoms with E-state index in [0.717, 1.165) is 19.5 Å². The van der Waals surface area contributed by atoms with Crippen molar-refractivity contribution in [1.29, 1.82) is 0 Å². The summed E-state index contributed by atoms with van der Waals surface area (Å²) < 4.78 is 5.56. The second-order valence-corrected chi connectivity index (χ2v) is 5.72. The van der Waals surface area contributed by atoms with Crippen molar-refractivity contribution in [2.24, 2.45) is 5.84 Å². The van der Waals surface area contributed by atoms with Crippen molar-refractivity contribution in [2.45, 2.75) is 38.8 Å². The number of likely N-dealkylation sites (tertiary alicyclic amines) is 1. The number of piperidine rings is 1. The van der Waals surface area contributed by atoms with E-state index in [2.05, 4.69) is 37.2 Å². The van der Waals surface area contributed by atoms with E-state index < -0.39 is 0 Å². The first kappa shape index (κ1) is 15.7. The van der Waals surface area contributed by atoms with E-state index in [-0.39, 0.29) is 6.10 Å². The average molecular weight is 295 g/mol. The van der Waals surface area contributed by atoms with Crippen LogP contribution in [0.25, 0.3) is 0 Å². The van der Waals surface area contributed by atoms with E-state index in [9.17, 15) is 0 Å². The van der Waals surface area contributed by atoms with Crippen molar-refractivity contribution in [3.05, 3.63) is 0 Å². The highest BCUT2D eigenvalue weighted by atomic mass is 16.5. The molecule has 21 heavy (non-hydrogen) atoms. The molecule has 1 atom stereocenters. The molecule has 0 saturated carbocycles. The third kappa shape index (κ3) is 4.15. The van der Waals surface area contributed by atoms with Gasteiger partial charge in [-0.3, -0.25) is 5.43 Å². The van der Waals surface area contributed by atoms with Gasteiger partial charge in [0.2, 0.25) is 11.9 Å². The third-order valence-corrected chi connectivity index (χ3v) is 3.54. The Kier molecular flexibility index (Phi) is 5.13. The van der Waals surface area contributed by atoms with Crippen LogP contribution >= 0.6 is 0 Å². The third-order valence-electron chi connectivity index (χ3n) is 3.54. The number of nitrogens with one attached hydrogen (secondary N) is 1. The predicted octanol–water partition coefficient (Wildman–Crippen LogP) is 0.475. The van der Waals surface area contributed by atoms with E-state index >= 15 is 0 Å². The van der Waals surface area contributed by atoms with Gasteiger partial charge in [0.1, 0.15) is 0 Å². The molecule has 1 aromatic heterocycles. The number of nitrogens with zero attached hydrogens (tertiary/aromatic N) is 5. The zero-order valence-corrected chi connectivity index (χ0v) is 13.2. The minimum Gasteiger partial charge on any atom is -0.461 e. The topological polar surface area (TPSA) is 92.4 Å². The second-order valence-electron chi connectivity index (χ2n) is 5.72. The van der Waals surface area contributed by atoms with Crippen molar-refractivity contribution < 1.29 is 4.74 Å². The Balaban J connectivity index is 2.20. The molecule has 1 fully saturated rings. The van der Waals surface area contributed by atoms with Crippen molar-refractivity contribution in [3.63, 3.8) is 0 Å². The van der Waals surface area contributed by atoms with Gasteiger partial charge in [-0.05, 0) is 40.3 Å². The van der Waals surface area contributed by atoms with Gasteiger partial charge in [0.25, 0.3) is 0 Å². The van der Waals surface area contributed by atoms with Gasteiger partial charge in [0.15, 0.2) is 0 Å². The average Bonchev–Trinajstić information content (AvgIpc) is 2.45. The molecular weight excluding hydrogens is 270 g/mol. The van der Waals surface area contributed by atoms with Crippen molar-refractivity contribution in [2.75, 3.05) is 37.5 Å². The summed E-state index contributed by atoms with van der Waals surface area (Å²) in [6.07, 6.45) is 2.30. The van der Waals surface area contributed by atoms with E-state index in [1.54, 1.807) is 0 Å². The molecule has 0 aromatic carbocycles. The van der Waals surface area contributed by atoms with Crippen LogP contribution in [0, 0.1) is 0 Å². The number of hydrogen-bond donors (Lipinski definition) is 2. The van der Waals surface area contributed by atoms with Crippen molar-refractivity contribution >= 4 is 11.9 Å². The van der Waals surface area contributed by atoms with Crippen LogP contribution in [0.1, 0.15) is 26.7 Å². The Morgan fingerprint density at radius 1 is 1.38 bits per heavy atom. The molecule has 1 unspecified atom stereocenters. The predicted molar refractivity (Wildman–Crippen MR) is 82.3 cm³/mol. The highest BCUT2D eigenvalue weighted by Crippen LogP contribution is 2.20. The van der Waals surface area contributed by atoms with Crippen LogP contribution < -0.4 is 20.9 Å². The Bertz CT molecular complexity index is 468. The maximum Gasteiger partial charge on any atom is 0.323 e. The normalized spacial score (nSPS) is 19.6. The Labute approximate surface area is 125 Å². The molecule has 2 rings (SSSR count). The fraction of sp³-hybridized carbons (Fsp3) is 0.769. The van der Waals surface area contributed by atoms with E-state index in [0.29, 0.717) is 23.9 Å². The Morgan fingerprint density at radius 3 is 2.76 bits per heavy atom. The fourth-order valence-electron chi connectivity index (χ4n) is 2.45. The zero-order chi connectivity index (χ0) is 15.4. The van der Waals surface area contributed by atoms with Gasteiger partial charge in [-0.1, -0.05) is 0 Å². The first-order valence-corrected chi connectivity index (χ1v) is 7.30. The smallest absolute Gasteiger partial charge is 0.323 e. The van der Waals surface area contributed by atoms with Gasteiger partial charge in [-0.2, -0.15) is 15.0 Å². The quantitative estimate of drug-likeness (QED) is 0.598. The van der Waals surface area contributed by atoms with Crippen LogP contribution in [0.4, 0.5) is 11.9 Å². The molecule has 1 aliphatic heterocycles. The van der Waals surface area contributed by atoms with Gasteiger partial charge in [-0.25, -0.2) is 5.84 Å². The molecular formula is C13H25N7O. The number of hydrogen-bond acceptors (Lipinski definition) is 8. The lowest BCUT2D eigenvalue weighted by molar-refractivity contribution is 0.221. The van der Waals surface area contributed by atoms with Crippen molar-refractivity contribution in [1.82, 2.24) is 19.9 Å². The van der Waals surface area contributed by atoms with Crippen LogP contribution in [-0.2, 0) is 0 Å². The van der Waals surface area contributed by atoms with E-state index in [1.165, 1.54) is 6.42 Å². The van der Waals surface area contributed by atoms with E-state index in [1.807, 2.05) is 20.9 Å². The van der Waals surface area contributed by atoms with Crippen LogP contribution in [0.2, 0.25) is 0 Å². The van der Waals surface area contributed by atoms with E-state index in [4.69, 9.17) is 10.6 Å². The molecule has 8 heteroatoms. The van der Waals surface area contributed by atoms with Crippen LogP contribution in [0.3, 0.4) is 0 Å². The molecule has 118 valence electrons. The number of hydrazine groups is 1. The number of rotatable bonds is 5. The molecule has 2 heterocycles. The molecule has 0 bridgehead atoms. The molecule has 8 nitrogen and oxygen atoms in total. The molecule has 0 aliphatic carbocycles. The first-order chi connectivity index (χ1) is 9.99. The number of likely N-dealkylation sites (N-methyl/N-ethyl adjacent to an activating group) is 2. The van der Waals surface area contributed by atoms with Gasteiger partial charge >= 0.3 is 6.01 Å². The van der Waals surface area contributed by atoms with Crippen LogP contribution in [-0.4, -0.2) is 59.2 Å². The lowest BCUT2D eigenvalue weighted by Crippen LogP contribution is -2.45. The summed E-state index contributed by atoms with van der Waals surface area (Å²) in [5.74, 6) is 6.32. The number of anilines is 2. The van der Waals surface area contributed by atoms with Gasteiger partial charge in [0, 0.05) is 19.6 Å². The Hall–Kier alpha value is -1.67. The first-order valence-electron chi connectivity index (χ1n) is 7.30. The van der Waals surface area contributed by atoms with Gasteiger partial charge < -0.3 is 14.5 Å². The molecule has 0 amide bonds. The number of aromatic nitrogens is 3. The minimum absolute atomic E-state index is 0.00278. The lowest BCUT2D eigenvalue weighted by Gasteiger charge is -2.35. The standard InChI is InChI=1S/C13H25N7O/c1-9(2)21-13-16-11(18-14)15-12(17-13)20(4)10-6-5-7-19(3)8-10/h9-10H,5-8,14H2,1-4H3,(H,15,16,17,18). The summed E-state index contributed by atoms with van der Waals surface area (Å²) in [4.78, 5) is 17.2. The lowest BCUT2D eigenvalue weighted by atomic mass is 10.1. The maximum absolute atomic E-state index is 5.56. The largest absolute Gasteiger partial charge is 0.461 e. The maximum atomic E-state index is 5.56. The van der Waals surface area contributed by atoms with Gasteiger partial charge in [0.05, 0.1) is 6.10 Å². The monoisotopic (exact) mass is 295 g/mol. The highest BCUT2D eigenvalue weighted by Gasteiger charge is 2.24. The second kappa shape index (κ2) is 6.86. The summed E-state index contributed by atoms with van der Waals surface area (Å²) in [7, 11) is 4.13. The number of nitrogens with two attached hydrogens (primary N) is 1. The summed E-state index contributed by atoms with van der Waals surface area (Å²) in [5, 5.41) is 0. The van der Waals surface area contributed by atoms with Gasteiger partial charge in [-0.15, -0.1) is 0 Å². The SMILES string of the molecule is CC(C)Oc1nc(NN)nc(N(C)C2CCCN(C)C2)n1. The Morgan fingerprint density at radius 2 is 2.14 bits per heavy atom. The number of ether oxygens (including phenoxy) is 1. The van der Waals surface area contributed by atoms with Crippen LogP contribution in [0.5, 0.6) is 6.01 Å². The van der Waals surface area contributed by atoms with Crippen molar-refractivity contribution in [3.8, 4) is 6.01 Å². The fourth-order valence-corrected chi connectivity index (χ4v) is 2.45.